The molecule has 7 heteroatoms. The average Bonchev–Trinajstić information content (AvgIpc) is 2.75. The van der Waals surface area contributed by atoms with E-state index in [1.807, 2.05) is 24.3 Å². The molecule has 2 aliphatic rings. The summed E-state index contributed by atoms with van der Waals surface area (Å²) < 4.78 is 11.6. The molecule has 0 bridgehead atoms. The van der Waals surface area contributed by atoms with E-state index in [1.165, 1.54) is 5.56 Å². The van der Waals surface area contributed by atoms with Gasteiger partial charge in [0.1, 0.15) is 6.23 Å². The number of non-ortho nitro benzene ring substituents is 1. The number of morpholine rings is 1. The number of nitrogens with zero attached hydrogens (tertiary/aromatic N) is 3. The number of ether oxygens (including phenoxy) is 2. The van der Waals surface area contributed by atoms with E-state index < -0.39 is 0 Å². The molecule has 0 aliphatic carbocycles. The minimum Gasteiger partial charge on any atom is -0.378 e. The van der Waals surface area contributed by atoms with Gasteiger partial charge in [-0.1, -0.05) is 30.3 Å². The molecule has 4 rings (SSSR count). The van der Waals surface area contributed by atoms with Crippen LogP contribution in [0, 0.1) is 10.1 Å². The number of hydrogen-bond acceptors (Lipinski definition) is 6. The molecule has 2 saturated heterocycles. The molecule has 148 valence electrons. The smallest absolute Gasteiger partial charge is 0.270 e. The fourth-order valence-electron chi connectivity index (χ4n) is 3.90. The summed E-state index contributed by atoms with van der Waals surface area (Å²) in [4.78, 5) is 15.6. The van der Waals surface area contributed by atoms with Crippen LogP contribution in [-0.4, -0.2) is 49.3 Å². The summed E-state index contributed by atoms with van der Waals surface area (Å²) >= 11 is 0. The highest BCUT2D eigenvalue weighted by Crippen LogP contribution is 2.37. The normalized spacial score (nSPS) is 20.9. The number of hydrogen-bond donors (Lipinski definition) is 0. The first kappa shape index (κ1) is 18.9. The summed E-state index contributed by atoms with van der Waals surface area (Å²) in [6, 6.07) is 15.4. The molecule has 0 aromatic heterocycles. The minimum absolute atomic E-state index is 0.0980. The fourth-order valence-corrected chi connectivity index (χ4v) is 3.90. The van der Waals surface area contributed by atoms with Crippen molar-refractivity contribution in [1.82, 2.24) is 4.90 Å². The first-order chi connectivity index (χ1) is 13.7. The zero-order chi connectivity index (χ0) is 19.3. The van der Waals surface area contributed by atoms with E-state index in [0.717, 1.165) is 43.9 Å². The maximum atomic E-state index is 11.4. The van der Waals surface area contributed by atoms with Crippen molar-refractivity contribution >= 4 is 11.4 Å². The lowest BCUT2D eigenvalue weighted by Crippen LogP contribution is -2.40. The van der Waals surface area contributed by atoms with Crippen molar-refractivity contribution in [2.24, 2.45) is 0 Å². The Morgan fingerprint density at radius 1 is 1.04 bits per heavy atom. The van der Waals surface area contributed by atoms with Crippen molar-refractivity contribution in [3.8, 4) is 0 Å². The van der Waals surface area contributed by atoms with Gasteiger partial charge in [-0.15, -0.1) is 0 Å². The highest BCUT2D eigenvalue weighted by molar-refractivity contribution is 5.59. The highest BCUT2D eigenvalue weighted by Gasteiger charge is 2.30. The largest absolute Gasteiger partial charge is 0.378 e. The summed E-state index contributed by atoms with van der Waals surface area (Å²) in [5.74, 6) is 0. The van der Waals surface area contributed by atoms with Crippen LogP contribution in [0.1, 0.15) is 23.8 Å². The Morgan fingerprint density at radius 3 is 2.57 bits per heavy atom. The molecule has 0 N–H and O–H groups in total. The Morgan fingerprint density at radius 2 is 1.82 bits per heavy atom. The first-order valence-electron chi connectivity index (χ1n) is 9.73. The highest BCUT2D eigenvalue weighted by atomic mass is 16.6. The molecule has 2 heterocycles. The van der Waals surface area contributed by atoms with Gasteiger partial charge in [0.15, 0.2) is 0 Å². The third-order valence-electron chi connectivity index (χ3n) is 5.27. The predicted octanol–water partition coefficient (Wildman–Crippen LogP) is 3.35. The summed E-state index contributed by atoms with van der Waals surface area (Å²) in [7, 11) is 0. The molecule has 0 spiro atoms. The molecule has 0 amide bonds. The number of nitro benzene ring substituents is 1. The van der Waals surface area contributed by atoms with Crippen molar-refractivity contribution in [2.45, 2.75) is 19.2 Å². The number of benzene rings is 2. The summed E-state index contributed by atoms with van der Waals surface area (Å²) in [6.07, 6.45) is 0.650. The van der Waals surface area contributed by atoms with Crippen LogP contribution in [0.25, 0.3) is 0 Å². The third-order valence-corrected chi connectivity index (χ3v) is 5.27. The lowest BCUT2D eigenvalue weighted by Gasteiger charge is -2.39. The SMILES string of the molecule is O=[N+]([O-])c1ccc(N2CCOCC2)c([C@@H]2OCCCN2Cc2ccccc2)c1. The number of rotatable bonds is 5. The van der Waals surface area contributed by atoms with Gasteiger partial charge in [-0.05, 0) is 18.1 Å². The van der Waals surface area contributed by atoms with E-state index in [0.29, 0.717) is 19.8 Å². The first-order valence-corrected chi connectivity index (χ1v) is 9.73. The molecule has 2 aliphatic heterocycles. The van der Waals surface area contributed by atoms with Gasteiger partial charge in [0.25, 0.3) is 5.69 Å². The average molecular weight is 383 g/mol. The summed E-state index contributed by atoms with van der Waals surface area (Å²) in [6.45, 7) is 5.17. The van der Waals surface area contributed by atoms with E-state index in [1.54, 1.807) is 12.1 Å². The molecular weight excluding hydrogens is 358 g/mol. The lowest BCUT2D eigenvalue weighted by atomic mass is 10.1. The van der Waals surface area contributed by atoms with E-state index >= 15 is 0 Å². The molecule has 7 nitrogen and oxygen atoms in total. The second kappa shape index (κ2) is 8.68. The van der Waals surface area contributed by atoms with Crippen LogP contribution in [0.4, 0.5) is 11.4 Å². The van der Waals surface area contributed by atoms with Crippen molar-refractivity contribution < 1.29 is 14.4 Å². The van der Waals surface area contributed by atoms with Crippen LogP contribution in [0.3, 0.4) is 0 Å². The van der Waals surface area contributed by atoms with Gasteiger partial charge in [0.2, 0.25) is 0 Å². The van der Waals surface area contributed by atoms with Gasteiger partial charge in [-0.2, -0.15) is 0 Å². The number of anilines is 1. The molecule has 28 heavy (non-hydrogen) atoms. The van der Waals surface area contributed by atoms with Crippen molar-refractivity contribution in [3.05, 3.63) is 69.8 Å². The van der Waals surface area contributed by atoms with E-state index in [2.05, 4.69) is 21.9 Å². The van der Waals surface area contributed by atoms with Crippen LogP contribution >= 0.6 is 0 Å². The summed E-state index contributed by atoms with van der Waals surface area (Å²) in [5, 5.41) is 11.4. The Balaban J connectivity index is 1.68. The standard InChI is InChI=1S/C21H25N3O4/c25-24(26)18-7-8-20(22-10-13-27-14-11-22)19(15-18)21-23(9-4-12-28-21)16-17-5-2-1-3-6-17/h1-3,5-8,15,21H,4,9-14,16H2/t21-/m0/s1. The maximum Gasteiger partial charge on any atom is 0.270 e. The molecule has 0 saturated carbocycles. The van der Waals surface area contributed by atoms with Crippen molar-refractivity contribution in [2.75, 3.05) is 44.4 Å². The second-order valence-corrected chi connectivity index (χ2v) is 7.13. The van der Waals surface area contributed by atoms with Crippen LogP contribution in [0.15, 0.2) is 48.5 Å². The van der Waals surface area contributed by atoms with Gasteiger partial charge in [-0.3, -0.25) is 15.0 Å². The van der Waals surface area contributed by atoms with Gasteiger partial charge < -0.3 is 14.4 Å². The van der Waals surface area contributed by atoms with E-state index in [4.69, 9.17) is 9.47 Å². The molecular formula is C21H25N3O4. The van der Waals surface area contributed by atoms with Crippen LogP contribution < -0.4 is 4.90 Å². The van der Waals surface area contributed by atoms with Crippen molar-refractivity contribution in [3.63, 3.8) is 0 Å². The fraction of sp³-hybridized carbons (Fsp3) is 0.429. The molecule has 2 fully saturated rings. The molecule has 2 aromatic carbocycles. The van der Waals surface area contributed by atoms with Gasteiger partial charge >= 0.3 is 0 Å². The Kier molecular flexibility index (Phi) is 5.85. The zero-order valence-corrected chi connectivity index (χ0v) is 15.8. The maximum absolute atomic E-state index is 11.4. The Labute approximate surface area is 164 Å². The minimum atomic E-state index is -0.336. The van der Waals surface area contributed by atoms with E-state index in [9.17, 15) is 10.1 Å². The van der Waals surface area contributed by atoms with Gasteiger partial charge in [-0.25, -0.2) is 0 Å². The topological polar surface area (TPSA) is 68.1 Å². The molecule has 2 aromatic rings. The van der Waals surface area contributed by atoms with Gasteiger partial charge in [0, 0.05) is 49.6 Å². The Bertz CT molecular complexity index is 809. The van der Waals surface area contributed by atoms with E-state index in [-0.39, 0.29) is 16.8 Å². The zero-order valence-electron chi connectivity index (χ0n) is 15.8. The quantitative estimate of drug-likeness (QED) is 0.583. The van der Waals surface area contributed by atoms with Crippen LogP contribution in [0.2, 0.25) is 0 Å². The lowest BCUT2D eigenvalue weighted by molar-refractivity contribution is -0.385. The van der Waals surface area contributed by atoms with Crippen LogP contribution in [0.5, 0.6) is 0 Å². The third kappa shape index (κ3) is 4.16. The predicted molar refractivity (Wildman–Crippen MR) is 106 cm³/mol. The van der Waals surface area contributed by atoms with Gasteiger partial charge in [0.05, 0.1) is 24.7 Å². The monoisotopic (exact) mass is 383 g/mol. The summed E-state index contributed by atoms with van der Waals surface area (Å²) in [5.41, 5.74) is 3.17. The molecule has 0 unspecified atom stereocenters. The number of nitro groups is 1. The molecule has 1 atom stereocenters. The second-order valence-electron chi connectivity index (χ2n) is 7.13. The Hall–Kier alpha value is -2.48. The molecule has 0 radical (unpaired) electrons. The van der Waals surface area contributed by atoms with Crippen LogP contribution in [-0.2, 0) is 16.0 Å². The van der Waals surface area contributed by atoms with Crippen molar-refractivity contribution in [1.29, 1.82) is 0 Å².